The molecule has 1 atom stereocenters. The van der Waals surface area contributed by atoms with E-state index < -0.39 is 10.8 Å². The molecule has 6 nitrogen and oxygen atoms in total. The van der Waals surface area contributed by atoms with Gasteiger partial charge in [-0.05, 0) is 12.0 Å². The van der Waals surface area contributed by atoms with Gasteiger partial charge in [-0.15, -0.1) is 0 Å². The van der Waals surface area contributed by atoms with Crippen LogP contribution in [0.15, 0.2) is 35.3 Å². The van der Waals surface area contributed by atoms with Gasteiger partial charge in [0, 0.05) is 49.0 Å². The Balaban J connectivity index is 2.02. The second-order valence-corrected chi connectivity index (χ2v) is 7.35. The van der Waals surface area contributed by atoms with E-state index in [1.54, 1.807) is 7.05 Å². The minimum absolute atomic E-state index is 0.585. The smallest absolute Gasteiger partial charge is 0.191 e. The molecule has 26 heavy (non-hydrogen) atoms. The molecular weight excluding hydrogens is 350 g/mol. The molecule has 0 radical (unpaired) electrons. The van der Waals surface area contributed by atoms with Crippen LogP contribution in [0.4, 0.5) is 0 Å². The van der Waals surface area contributed by atoms with Crippen molar-refractivity contribution in [3.8, 4) is 0 Å². The van der Waals surface area contributed by atoms with Crippen LogP contribution in [0.25, 0.3) is 0 Å². The fraction of sp³-hybridized carbons (Fsp3) is 0.632. The first kappa shape index (κ1) is 22.6. The quantitative estimate of drug-likeness (QED) is 0.292. The van der Waals surface area contributed by atoms with Crippen molar-refractivity contribution < 1.29 is 13.7 Å². The number of unbranched alkanes of at least 4 members (excludes halogenated alkanes) is 1. The molecule has 148 valence electrons. The molecular formula is C19H33N3O3S. The predicted octanol–water partition coefficient (Wildman–Crippen LogP) is 1.93. The maximum Gasteiger partial charge on any atom is 0.191 e. The highest BCUT2D eigenvalue weighted by Gasteiger charge is 2.03. The number of guanidine groups is 1. The van der Waals surface area contributed by atoms with E-state index in [-0.39, 0.29) is 0 Å². The lowest BCUT2D eigenvalue weighted by Gasteiger charge is -2.12. The molecule has 2 N–H and O–H groups in total. The van der Waals surface area contributed by atoms with Crippen molar-refractivity contribution in [3.63, 3.8) is 0 Å². The largest absolute Gasteiger partial charge is 0.379 e. The Labute approximate surface area is 160 Å². The van der Waals surface area contributed by atoms with Crippen molar-refractivity contribution in [3.05, 3.63) is 35.9 Å². The molecule has 0 saturated heterocycles. The molecule has 0 bridgehead atoms. The van der Waals surface area contributed by atoms with Gasteiger partial charge in [0.05, 0.1) is 19.8 Å². The van der Waals surface area contributed by atoms with Crippen LogP contribution in [0.2, 0.25) is 0 Å². The van der Waals surface area contributed by atoms with Crippen molar-refractivity contribution in [1.29, 1.82) is 0 Å². The summed E-state index contributed by atoms with van der Waals surface area (Å²) in [4.78, 5) is 4.15. The molecule has 1 unspecified atom stereocenters. The minimum Gasteiger partial charge on any atom is -0.379 e. The molecule has 1 rings (SSSR count). The second kappa shape index (κ2) is 15.8. The fourth-order valence-electron chi connectivity index (χ4n) is 2.15. The van der Waals surface area contributed by atoms with Crippen molar-refractivity contribution in [1.82, 2.24) is 10.6 Å². The number of hydrogen-bond donors (Lipinski definition) is 2. The van der Waals surface area contributed by atoms with Crippen LogP contribution in [0.3, 0.4) is 0 Å². The van der Waals surface area contributed by atoms with Gasteiger partial charge in [-0.25, -0.2) is 0 Å². The average Bonchev–Trinajstić information content (AvgIpc) is 2.66. The number of benzene rings is 1. The molecule has 0 aromatic heterocycles. The molecule has 0 spiro atoms. The van der Waals surface area contributed by atoms with Crippen LogP contribution < -0.4 is 10.6 Å². The zero-order valence-electron chi connectivity index (χ0n) is 16.0. The lowest BCUT2D eigenvalue weighted by Crippen LogP contribution is -2.40. The summed E-state index contributed by atoms with van der Waals surface area (Å²) >= 11 is 0. The highest BCUT2D eigenvalue weighted by Crippen LogP contribution is 2.02. The van der Waals surface area contributed by atoms with Crippen molar-refractivity contribution in [2.45, 2.75) is 25.5 Å². The van der Waals surface area contributed by atoms with E-state index >= 15 is 0 Å². The van der Waals surface area contributed by atoms with Crippen LogP contribution in [-0.2, 0) is 26.0 Å². The topological polar surface area (TPSA) is 72.0 Å². The van der Waals surface area contributed by atoms with Gasteiger partial charge in [-0.2, -0.15) is 0 Å². The third-order valence-electron chi connectivity index (χ3n) is 3.57. The van der Waals surface area contributed by atoms with E-state index in [2.05, 4.69) is 22.5 Å². The van der Waals surface area contributed by atoms with Crippen LogP contribution in [0.5, 0.6) is 0 Å². The Morgan fingerprint density at radius 1 is 1.04 bits per heavy atom. The summed E-state index contributed by atoms with van der Waals surface area (Å²) in [6.07, 6.45) is 2.25. The predicted molar refractivity (Wildman–Crippen MR) is 109 cm³/mol. The number of nitrogens with zero attached hydrogens (tertiary/aromatic N) is 1. The molecule has 1 aromatic rings. The van der Waals surface area contributed by atoms with E-state index in [1.165, 1.54) is 0 Å². The van der Waals surface area contributed by atoms with Gasteiger partial charge < -0.3 is 20.1 Å². The summed E-state index contributed by atoms with van der Waals surface area (Å²) in [5, 5.41) is 6.36. The van der Waals surface area contributed by atoms with Crippen LogP contribution in [0.1, 0.15) is 25.3 Å². The molecule has 1 aromatic carbocycles. The Morgan fingerprint density at radius 3 is 2.42 bits per heavy atom. The minimum atomic E-state index is -0.887. The van der Waals surface area contributed by atoms with Crippen LogP contribution in [-0.4, -0.2) is 62.5 Å². The van der Waals surface area contributed by atoms with Gasteiger partial charge in [0.2, 0.25) is 0 Å². The molecule has 0 saturated carbocycles. The van der Waals surface area contributed by atoms with Crippen LogP contribution in [0, 0.1) is 0 Å². The summed E-state index contributed by atoms with van der Waals surface area (Å²) in [6, 6.07) is 9.90. The Kier molecular flexibility index (Phi) is 13.7. The third-order valence-corrected chi connectivity index (χ3v) is 4.88. The summed E-state index contributed by atoms with van der Waals surface area (Å²) in [7, 11) is 0.834. The molecule has 0 heterocycles. The SMILES string of the molecule is CCCCOCCOCCNC(=NC)NCCS(=O)Cc1ccccc1. The maximum atomic E-state index is 12.1. The second-order valence-electron chi connectivity index (χ2n) is 5.78. The molecule has 0 aliphatic heterocycles. The fourth-order valence-corrected chi connectivity index (χ4v) is 3.18. The highest BCUT2D eigenvalue weighted by atomic mass is 32.2. The van der Waals surface area contributed by atoms with Crippen molar-refractivity contribution in [2.75, 3.05) is 52.3 Å². The van der Waals surface area contributed by atoms with Gasteiger partial charge in [0.15, 0.2) is 5.96 Å². The number of rotatable bonds is 14. The monoisotopic (exact) mass is 383 g/mol. The Bertz CT molecular complexity index is 512. The van der Waals surface area contributed by atoms with Gasteiger partial charge in [0.1, 0.15) is 0 Å². The lowest BCUT2D eigenvalue weighted by molar-refractivity contribution is 0.0487. The van der Waals surface area contributed by atoms with Gasteiger partial charge in [0.25, 0.3) is 0 Å². The molecule has 0 aliphatic carbocycles. The van der Waals surface area contributed by atoms with Gasteiger partial charge in [-0.3, -0.25) is 9.20 Å². The molecule has 0 aliphatic rings. The molecule has 0 fully saturated rings. The van der Waals surface area contributed by atoms with E-state index in [0.717, 1.165) is 25.0 Å². The first-order valence-corrected chi connectivity index (χ1v) is 10.7. The molecule has 0 amide bonds. The van der Waals surface area contributed by atoms with E-state index in [9.17, 15) is 4.21 Å². The van der Waals surface area contributed by atoms with Crippen molar-refractivity contribution >= 4 is 16.8 Å². The zero-order valence-corrected chi connectivity index (χ0v) is 16.9. The normalized spacial score (nSPS) is 12.8. The Hall–Kier alpha value is -1.44. The Morgan fingerprint density at radius 2 is 1.73 bits per heavy atom. The third kappa shape index (κ3) is 12.0. The zero-order chi connectivity index (χ0) is 18.9. The van der Waals surface area contributed by atoms with Gasteiger partial charge in [-0.1, -0.05) is 43.7 Å². The summed E-state index contributed by atoms with van der Waals surface area (Å²) in [5.74, 6) is 1.87. The maximum absolute atomic E-state index is 12.1. The molecule has 7 heteroatoms. The summed E-state index contributed by atoms with van der Waals surface area (Å²) in [6.45, 7) is 6.08. The lowest BCUT2D eigenvalue weighted by atomic mass is 10.2. The standard InChI is InChI=1S/C19H33N3O3S/c1-3-4-12-24-14-15-25-13-10-21-19(20-2)22-11-16-26(23)17-18-8-6-5-7-9-18/h5-9H,3-4,10-17H2,1-2H3,(H2,20,21,22). The van der Waals surface area contributed by atoms with Gasteiger partial charge >= 0.3 is 0 Å². The van der Waals surface area contributed by atoms with E-state index in [1.807, 2.05) is 30.3 Å². The summed E-state index contributed by atoms with van der Waals surface area (Å²) in [5.41, 5.74) is 1.10. The first-order chi connectivity index (χ1) is 12.8. The number of ether oxygens (including phenoxy) is 2. The summed E-state index contributed by atoms with van der Waals surface area (Å²) < 4.78 is 23.0. The van der Waals surface area contributed by atoms with E-state index in [4.69, 9.17) is 9.47 Å². The first-order valence-electron chi connectivity index (χ1n) is 9.25. The van der Waals surface area contributed by atoms with Crippen molar-refractivity contribution in [2.24, 2.45) is 4.99 Å². The number of hydrogen-bond acceptors (Lipinski definition) is 4. The number of nitrogens with one attached hydrogen (secondary N) is 2. The van der Waals surface area contributed by atoms with E-state index in [0.29, 0.717) is 50.4 Å². The average molecular weight is 384 g/mol. The van der Waals surface area contributed by atoms with Crippen LogP contribution >= 0.6 is 0 Å². The number of aliphatic imine (C=N–C) groups is 1. The highest BCUT2D eigenvalue weighted by molar-refractivity contribution is 7.84.